The highest BCUT2D eigenvalue weighted by Crippen LogP contribution is 2.29. The minimum Gasteiger partial charge on any atom is -0.337 e. The van der Waals surface area contributed by atoms with Crippen molar-refractivity contribution in [3.8, 4) is 0 Å². The van der Waals surface area contributed by atoms with E-state index < -0.39 is 0 Å². The molecule has 3 rings (SSSR count). The maximum Gasteiger partial charge on any atom is 0.274 e. The molecule has 2 aromatic rings. The summed E-state index contributed by atoms with van der Waals surface area (Å²) in [5.74, 6) is 0.404. The van der Waals surface area contributed by atoms with Gasteiger partial charge in [0.1, 0.15) is 5.69 Å². The van der Waals surface area contributed by atoms with Crippen LogP contribution < -0.4 is 0 Å². The molecule has 0 bridgehead atoms. The van der Waals surface area contributed by atoms with E-state index in [1.165, 1.54) is 0 Å². The molecule has 1 fully saturated rings. The van der Waals surface area contributed by atoms with Crippen LogP contribution in [0.5, 0.6) is 0 Å². The Hall–Kier alpha value is -1.69. The van der Waals surface area contributed by atoms with Crippen LogP contribution >= 0.6 is 11.3 Å². The van der Waals surface area contributed by atoms with E-state index >= 15 is 0 Å². The molecule has 5 nitrogen and oxygen atoms in total. The molecule has 118 valence electrons. The van der Waals surface area contributed by atoms with Crippen molar-refractivity contribution in [3.63, 3.8) is 0 Å². The van der Waals surface area contributed by atoms with Gasteiger partial charge in [0.15, 0.2) is 0 Å². The van der Waals surface area contributed by atoms with Gasteiger partial charge in [-0.15, -0.1) is 11.3 Å². The van der Waals surface area contributed by atoms with Gasteiger partial charge in [0, 0.05) is 42.3 Å². The Labute approximate surface area is 135 Å². The molecule has 6 heteroatoms. The van der Waals surface area contributed by atoms with E-state index in [9.17, 15) is 4.79 Å². The Morgan fingerprint density at radius 3 is 2.91 bits per heavy atom. The minimum atomic E-state index is 0.0392. The van der Waals surface area contributed by atoms with Crippen LogP contribution in [0.1, 0.15) is 59.8 Å². The number of rotatable bonds is 3. The van der Waals surface area contributed by atoms with Crippen molar-refractivity contribution in [2.24, 2.45) is 0 Å². The topological polar surface area (TPSA) is 51.0 Å². The zero-order chi connectivity index (χ0) is 15.7. The summed E-state index contributed by atoms with van der Waals surface area (Å²) in [6, 6.07) is 2.09. The number of hydrogen-bond acceptors (Lipinski definition) is 4. The Kier molecular flexibility index (Phi) is 4.29. The average Bonchev–Trinajstić information content (AvgIpc) is 3.15. The molecular formula is C16H22N4OS. The predicted octanol–water partition coefficient (Wildman–Crippen LogP) is 3.25. The average molecular weight is 318 g/mol. The normalized spacial score (nSPS) is 18.9. The van der Waals surface area contributed by atoms with Crippen LogP contribution in [0.3, 0.4) is 0 Å². The molecule has 1 amide bonds. The summed E-state index contributed by atoms with van der Waals surface area (Å²) in [4.78, 5) is 19.2. The van der Waals surface area contributed by atoms with Crippen LogP contribution in [-0.4, -0.2) is 38.7 Å². The van der Waals surface area contributed by atoms with Gasteiger partial charge in [0.05, 0.1) is 5.01 Å². The van der Waals surface area contributed by atoms with E-state index in [4.69, 9.17) is 0 Å². The molecule has 0 radical (unpaired) electrons. The lowest BCUT2D eigenvalue weighted by Gasteiger charge is -2.31. The van der Waals surface area contributed by atoms with Gasteiger partial charge in [-0.2, -0.15) is 5.10 Å². The van der Waals surface area contributed by atoms with Crippen LogP contribution in [0.25, 0.3) is 0 Å². The Morgan fingerprint density at radius 2 is 2.27 bits per heavy atom. The highest BCUT2D eigenvalue weighted by atomic mass is 32.1. The first-order chi connectivity index (χ1) is 10.5. The molecule has 1 atom stereocenters. The maximum atomic E-state index is 12.7. The van der Waals surface area contributed by atoms with E-state index in [2.05, 4.69) is 29.3 Å². The lowest BCUT2D eigenvalue weighted by Crippen LogP contribution is -2.39. The standard InChI is InChI=1S/C16H22N4OS/c1-11(2)20-8-6-14(18-20)16(21)19-7-4-5-13(9-19)15-17-12(3)10-22-15/h6,8,10-11,13H,4-5,7,9H2,1-3H3/t13-/m0/s1. The SMILES string of the molecule is Cc1csc([C@H]2CCCN(C(=O)c3ccn(C(C)C)n3)C2)n1. The number of thiazole rings is 1. The largest absolute Gasteiger partial charge is 0.337 e. The van der Waals surface area contributed by atoms with Gasteiger partial charge in [-0.1, -0.05) is 0 Å². The first-order valence-electron chi connectivity index (χ1n) is 7.81. The van der Waals surface area contributed by atoms with Crippen molar-refractivity contribution in [2.75, 3.05) is 13.1 Å². The molecule has 0 spiro atoms. The van der Waals surface area contributed by atoms with Gasteiger partial charge >= 0.3 is 0 Å². The number of nitrogens with zero attached hydrogens (tertiary/aromatic N) is 4. The number of aromatic nitrogens is 3. The third kappa shape index (κ3) is 3.06. The molecule has 3 heterocycles. The Morgan fingerprint density at radius 1 is 1.45 bits per heavy atom. The monoisotopic (exact) mass is 318 g/mol. The van der Waals surface area contributed by atoms with E-state index in [1.54, 1.807) is 11.3 Å². The van der Waals surface area contributed by atoms with Gasteiger partial charge in [-0.3, -0.25) is 9.48 Å². The Balaban J connectivity index is 1.72. The number of likely N-dealkylation sites (tertiary alicyclic amines) is 1. The summed E-state index contributed by atoms with van der Waals surface area (Å²) in [5, 5.41) is 7.64. The van der Waals surface area contributed by atoms with Crippen LogP contribution in [0, 0.1) is 6.92 Å². The van der Waals surface area contributed by atoms with Crippen molar-refractivity contribution in [1.82, 2.24) is 19.7 Å². The second-order valence-corrected chi connectivity index (χ2v) is 7.08. The highest BCUT2D eigenvalue weighted by Gasteiger charge is 2.28. The minimum absolute atomic E-state index is 0.0392. The van der Waals surface area contributed by atoms with Crippen molar-refractivity contribution >= 4 is 17.2 Å². The molecule has 22 heavy (non-hydrogen) atoms. The number of carbonyl (C=O) groups excluding carboxylic acids is 1. The number of piperidine rings is 1. The molecule has 0 aromatic carbocycles. The van der Waals surface area contributed by atoms with Crippen molar-refractivity contribution in [2.45, 2.75) is 45.6 Å². The molecule has 1 aliphatic heterocycles. The van der Waals surface area contributed by atoms with E-state index in [1.807, 2.05) is 28.8 Å². The number of amides is 1. The van der Waals surface area contributed by atoms with Crippen LogP contribution in [0.4, 0.5) is 0 Å². The predicted molar refractivity (Wildman–Crippen MR) is 87.3 cm³/mol. The third-order valence-electron chi connectivity index (χ3n) is 4.05. The first-order valence-corrected chi connectivity index (χ1v) is 8.69. The summed E-state index contributed by atoms with van der Waals surface area (Å²) >= 11 is 1.70. The van der Waals surface area contributed by atoms with Crippen LogP contribution in [-0.2, 0) is 0 Å². The fourth-order valence-corrected chi connectivity index (χ4v) is 3.75. The maximum absolute atomic E-state index is 12.7. The lowest BCUT2D eigenvalue weighted by molar-refractivity contribution is 0.0700. The van der Waals surface area contributed by atoms with Crippen molar-refractivity contribution < 1.29 is 4.79 Å². The van der Waals surface area contributed by atoms with Gasteiger partial charge in [-0.05, 0) is 39.7 Å². The summed E-state index contributed by atoms with van der Waals surface area (Å²) in [5.41, 5.74) is 1.61. The van der Waals surface area contributed by atoms with Crippen LogP contribution in [0.2, 0.25) is 0 Å². The summed E-state index contributed by atoms with van der Waals surface area (Å²) in [6.45, 7) is 7.70. The number of hydrogen-bond donors (Lipinski definition) is 0. The fourth-order valence-electron chi connectivity index (χ4n) is 2.82. The lowest BCUT2D eigenvalue weighted by atomic mass is 9.98. The first kappa shape index (κ1) is 15.2. The molecule has 0 saturated carbocycles. The molecule has 0 aliphatic carbocycles. The van der Waals surface area contributed by atoms with E-state index in [0.717, 1.165) is 36.6 Å². The number of carbonyl (C=O) groups is 1. The Bertz CT molecular complexity index is 661. The van der Waals surface area contributed by atoms with Gasteiger partial charge < -0.3 is 4.90 Å². The molecular weight excluding hydrogens is 296 g/mol. The van der Waals surface area contributed by atoms with E-state index in [0.29, 0.717) is 11.6 Å². The van der Waals surface area contributed by atoms with Crippen molar-refractivity contribution in [3.05, 3.63) is 34.0 Å². The second kappa shape index (κ2) is 6.20. The summed E-state index contributed by atoms with van der Waals surface area (Å²) in [7, 11) is 0. The number of aryl methyl sites for hydroxylation is 1. The molecule has 1 saturated heterocycles. The summed E-state index contributed by atoms with van der Waals surface area (Å²) in [6.07, 6.45) is 4.01. The third-order valence-corrected chi connectivity index (χ3v) is 5.18. The summed E-state index contributed by atoms with van der Waals surface area (Å²) < 4.78 is 1.83. The molecule has 2 aromatic heterocycles. The fraction of sp³-hybridized carbons (Fsp3) is 0.562. The second-order valence-electron chi connectivity index (χ2n) is 6.19. The van der Waals surface area contributed by atoms with Crippen LogP contribution in [0.15, 0.2) is 17.6 Å². The van der Waals surface area contributed by atoms with Gasteiger partial charge in [-0.25, -0.2) is 4.98 Å². The van der Waals surface area contributed by atoms with Gasteiger partial charge in [0.25, 0.3) is 5.91 Å². The highest BCUT2D eigenvalue weighted by molar-refractivity contribution is 7.09. The quantitative estimate of drug-likeness (QED) is 0.873. The van der Waals surface area contributed by atoms with E-state index in [-0.39, 0.29) is 11.9 Å². The smallest absolute Gasteiger partial charge is 0.274 e. The zero-order valence-corrected chi connectivity index (χ0v) is 14.1. The molecule has 1 aliphatic rings. The zero-order valence-electron chi connectivity index (χ0n) is 13.3. The van der Waals surface area contributed by atoms with Crippen molar-refractivity contribution in [1.29, 1.82) is 0 Å². The molecule has 0 unspecified atom stereocenters. The van der Waals surface area contributed by atoms with Gasteiger partial charge in [0.2, 0.25) is 0 Å². The molecule has 0 N–H and O–H groups in total.